The third-order valence-corrected chi connectivity index (χ3v) is 4.25. The molecule has 0 aliphatic carbocycles. The first kappa shape index (κ1) is 16.1. The fourth-order valence-corrected chi connectivity index (χ4v) is 3.36. The number of nitrogens with one attached hydrogen (secondary N) is 1. The Kier molecular flexibility index (Phi) is 4.46. The standard InChI is InChI=1S/C15H27N3O3/c1-9(13(16)19)17-10-7-11-5-6-12(8-10)18(11)14(20)21-15(2,3)4/h9-12,17H,5-8H2,1-4H3,(H2,16,19). The molecule has 0 saturated carbocycles. The summed E-state index contributed by atoms with van der Waals surface area (Å²) in [6.45, 7) is 7.44. The molecule has 2 heterocycles. The lowest BCUT2D eigenvalue weighted by molar-refractivity contribution is -0.120. The number of hydrogen-bond acceptors (Lipinski definition) is 4. The van der Waals surface area contributed by atoms with Gasteiger partial charge < -0.3 is 20.7 Å². The summed E-state index contributed by atoms with van der Waals surface area (Å²) in [5, 5.41) is 3.27. The smallest absolute Gasteiger partial charge is 0.410 e. The Morgan fingerprint density at radius 1 is 1.24 bits per heavy atom. The molecule has 2 aliphatic rings. The molecule has 3 atom stereocenters. The third kappa shape index (κ3) is 3.87. The molecule has 2 fully saturated rings. The quantitative estimate of drug-likeness (QED) is 0.824. The van der Waals surface area contributed by atoms with Crippen molar-refractivity contribution in [1.82, 2.24) is 10.2 Å². The molecule has 2 rings (SSSR count). The molecule has 21 heavy (non-hydrogen) atoms. The topological polar surface area (TPSA) is 84.7 Å². The zero-order chi connectivity index (χ0) is 15.8. The number of carbonyl (C=O) groups is 2. The van der Waals surface area contributed by atoms with E-state index in [9.17, 15) is 9.59 Å². The second-order valence-corrected chi connectivity index (χ2v) is 7.23. The van der Waals surface area contributed by atoms with Crippen LogP contribution in [0.1, 0.15) is 53.4 Å². The lowest BCUT2D eigenvalue weighted by Gasteiger charge is -2.40. The van der Waals surface area contributed by atoms with Crippen molar-refractivity contribution in [3.8, 4) is 0 Å². The van der Waals surface area contributed by atoms with E-state index in [-0.39, 0.29) is 36.2 Å². The van der Waals surface area contributed by atoms with Gasteiger partial charge in [0.2, 0.25) is 5.91 Å². The molecule has 6 heteroatoms. The second kappa shape index (κ2) is 5.83. The summed E-state index contributed by atoms with van der Waals surface area (Å²) in [6, 6.07) is 0.318. The van der Waals surface area contributed by atoms with Gasteiger partial charge in [-0.15, -0.1) is 0 Å². The Bertz CT molecular complexity index is 405. The summed E-state index contributed by atoms with van der Waals surface area (Å²) in [5.41, 5.74) is 4.83. The maximum absolute atomic E-state index is 12.3. The Morgan fingerprint density at radius 2 is 1.76 bits per heavy atom. The van der Waals surface area contributed by atoms with Gasteiger partial charge in [-0.3, -0.25) is 4.79 Å². The van der Waals surface area contributed by atoms with Gasteiger partial charge in [-0.1, -0.05) is 0 Å². The van der Waals surface area contributed by atoms with E-state index >= 15 is 0 Å². The van der Waals surface area contributed by atoms with Gasteiger partial charge in [-0.05, 0) is 53.4 Å². The Balaban J connectivity index is 1.96. The average Bonchev–Trinajstić information content (AvgIpc) is 2.59. The SMILES string of the molecule is CC(NC1CC2CCC(C1)N2C(=O)OC(C)(C)C)C(N)=O. The molecule has 3 N–H and O–H groups in total. The van der Waals surface area contributed by atoms with Crippen molar-refractivity contribution in [3.05, 3.63) is 0 Å². The predicted molar refractivity (Wildman–Crippen MR) is 79.7 cm³/mol. The molecule has 0 aromatic rings. The Hall–Kier alpha value is -1.30. The van der Waals surface area contributed by atoms with Crippen molar-refractivity contribution < 1.29 is 14.3 Å². The first-order valence-electron chi connectivity index (χ1n) is 7.74. The van der Waals surface area contributed by atoms with Crippen molar-refractivity contribution in [2.45, 2.75) is 83.1 Å². The summed E-state index contributed by atoms with van der Waals surface area (Å²) in [7, 11) is 0. The molecule has 2 bridgehead atoms. The minimum Gasteiger partial charge on any atom is -0.444 e. The number of nitrogens with zero attached hydrogens (tertiary/aromatic N) is 1. The van der Waals surface area contributed by atoms with Gasteiger partial charge in [0, 0.05) is 18.1 Å². The lowest BCUT2D eigenvalue weighted by atomic mass is 9.97. The number of fused-ring (bicyclic) bond motifs is 2. The maximum Gasteiger partial charge on any atom is 0.410 e. The molecule has 6 nitrogen and oxygen atoms in total. The van der Waals surface area contributed by atoms with Gasteiger partial charge in [0.05, 0.1) is 6.04 Å². The highest BCUT2D eigenvalue weighted by molar-refractivity contribution is 5.79. The van der Waals surface area contributed by atoms with Gasteiger partial charge >= 0.3 is 6.09 Å². The van der Waals surface area contributed by atoms with E-state index < -0.39 is 5.60 Å². The van der Waals surface area contributed by atoms with Gasteiger partial charge in [0.1, 0.15) is 5.60 Å². The van der Waals surface area contributed by atoms with Crippen molar-refractivity contribution in [2.75, 3.05) is 0 Å². The molecule has 0 aromatic heterocycles. The van der Waals surface area contributed by atoms with Crippen LogP contribution in [0, 0.1) is 0 Å². The number of ether oxygens (including phenoxy) is 1. The zero-order valence-corrected chi connectivity index (χ0v) is 13.4. The van der Waals surface area contributed by atoms with Crippen LogP contribution in [0.4, 0.5) is 4.79 Å². The van der Waals surface area contributed by atoms with E-state index in [0.29, 0.717) is 0 Å². The van der Waals surface area contributed by atoms with Crippen LogP contribution in [0.2, 0.25) is 0 Å². The van der Waals surface area contributed by atoms with Crippen LogP contribution in [-0.2, 0) is 9.53 Å². The van der Waals surface area contributed by atoms with E-state index in [1.807, 2.05) is 25.7 Å². The molecule has 0 spiro atoms. The number of rotatable bonds is 3. The highest BCUT2D eigenvalue weighted by Gasteiger charge is 2.45. The number of amides is 2. The molecule has 2 amide bonds. The van der Waals surface area contributed by atoms with Crippen LogP contribution >= 0.6 is 0 Å². The van der Waals surface area contributed by atoms with Crippen LogP contribution in [0.25, 0.3) is 0 Å². The molecule has 0 aromatic carbocycles. The second-order valence-electron chi connectivity index (χ2n) is 7.23. The predicted octanol–water partition coefficient (Wildman–Crippen LogP) is 1.38. The van der Waals surface area contributed by atoms with Crippen molar-refractivity contribution >= 4 is 12.0 Å². The van der Waals surface area contributed by atoms with Gasteiger partial charge in [-0.25, -0.2) is 4.79 Å². The highest BCUT2D eigenvalue weighted by atomic mass is 16.6. The summed E-state index contributed by atoms with van der Waals surface area (Å²) < 4.78 is 5.51. The van der Waals surface area contributed by atoms with Gasteiger partial charge in [-0.2, -0.15) is 0 Å². The number of piperidine rings is 1. The first-order chi connectivity index (χ1) is 9.67. The fraction of sp³-hybridized carbons (Fsp3) is 0.867. The van der Waals surface area contributed by atoms with E-state index in [0.717, 1.165) is 25.7 Å². The molecule has 2 saturated heterocycles. The molecular weight excluding hydrogens is 270 g/mol. The Morgan fingerprint density at radius 3 is 2.19 bits per heavy atom. The van der Waals surface area contributed by atoms with E-state index in [4.69, 9.17) is 10.5 Å². The monoisotopic (exact) mass is 297 g/mol. The van der Waals surface area contributed by atoms with Gasteiger partial charge in [0.25, 0.3) is 0 Å². The Labute approximate surface area is 126 Å². The number of primary amides is 1. The fourth-order valence-electron chi connectivity index (χ4n) is 3.36. The zero-order valence-electron chi connectivity index (χ0n) is 13.4. The third-order valence-electron chi connectivity index (χ3n) is 4.25. The number of nitrogens with two attached hydrogens (primary N) is 1. The molecular formula is C15H27N3O3. The highest BCUT2D eigenvalue weighted by Crippen LogP contribution is 2.36. The van der Waals surface area contributed by atoms with Crippen LogP contribution in [0.3, 0.4) is 0 Å². The maximum atomic E-state index is 12.3. The van der Waals surface area contributed by atoms with E-state index in [1.165, 1.54) is 0 Å². The van der Waals surface area contributed by atoms with Crippen LogP contribution in [0.5, 0.6) is 0 Å². The minimum absolute atomic E-state index is 0.205. The first-order valence-corrected chi connectivity index (χ1v) is 7.74. The number of hydrogen-bond donors (Lipinski definition) is 2. The number of carbonyl (C=O) groups excluding carboxylic acids is 2. The van der Waals surface area contributed by atoms with Crippen molar-refractivity contribution in [1.29, 1.82) is 0 Å². The molecule has 120 valence electrons. The van der Waals surface area contributed by atoms with Crippen LogP contribution < -0.4 is 11.1 Å². The largest absolute Gasteiger partial charge is 0.444 e. The van der Waals surface area contributed by atoms with Crippen LogP contribution in [-0.4, -0.2) is 46.7 Å². The summed E-state index contributed by atoms with van der Waals surface area (Å²) >= 11 is 0. The molecule has 2 aliphatic heterocycles. The van der Waals surface area contributed by atoms with E-state index in [1.54, 1.807) is 6.92 Å². The van der Waals surface area contributed by atoms with Crippen molar-refractivity contribution in [2.24, 2.45) is 5.73 Å². The molecule has 0 radical (unpaired) electrons. The average molecular weight is 297 g/mol. The van der Waals surface area contributed by atoms with Crippen molar-refractivity contribution in [3.63, 3.8) is 0 Å². The summed E-state index contributed by atoms with van der Waals surface area (Å²) in [6.07, 6.45) is 3.51. The van der Waals surface area contributed by atoms with E-state index in [2.05, 4.69) is 5.32 Å². The van der Waals surface area contributed by atoms with Crippen LogP contribution in [0.15, 0.2) is 0 Å². The summed E-state index contributed by atoms with van der Waals surface area (Å²) in [4.78, 5) is 25.4. The summed E-state index contributed by atoms with van der Waals surface area (Å²) in [5.74, 6) is -0.336. The van der Waals surface area contributed by atoms with Gasteiger partial charge in [0.15, 0.2) is 0 Å². The molecule has 3 unspecified atom stereocenters. The lowest BCUT2D eigenvalue weighted by Crippen LogP contribution is -2.55. The minimum atomic E-state index is -0.466. The normalized spacial score (nSPS) is 30.1.